The fourth-order valence-electron chi connectivity index (χ4n) is 5.26. The summed E-state index contributed by atoms with van der Waals surface area (Å²) >= 11 is 7.35. The number of thiophene rings is 1. The van der Waals surface area contributed by atoms with Crippen molar-refractivity contribution in [3.63, 3.8) is 0 Å². The smallest absolute Gasteiger partial charge is 0.355 e. The first-order valence-electron chi connectivity index (χ1n) is 14.1. The van der Waals surface area contributed by atoms with Crippen molar-refractivity contribution in [3.05, 3.63) is 117 Å². The largest absolute Gasteiger partial charge is 0.493 e. The van der Waals surface area contributed by atoms with Gasteiger partial charge >= 0.3 is 5.97 Å². The molecule has 9 nitrogen and oxygen atoms in total. The molecule has 1 aliphatic heterocycles. The molecule has 232 valence electrons. The highest BCUT2D eigenvalue weighted by Gasteiger charge is 2.27. The zero-order valence-corrected chi connectivity index (χ0v) is 25.9. The minimum atomic E-state index is -1.44. The molecular formula is C34H26ClFN4O5S. The van der Waals surface area contributed by atoms with Crippen LogP contribution in [-0.4, -0.2) is 34.5 Å². The number of hydrogen-bond donors (Lipinski definition) is 4. The van der Waals surface area contributed by atoms with Gasteiger partial charge in [-0.3, -0.25) is 9.59 Å². The van der Waals surface area contributed by atoms with E-state index in [0.29, 0.717) is 36.6 Å². The number of aromatic carboxylic acids is 1. The van der Waals surface area contributed by atoms with Gasteiger partial charge in [-0.25, -0.2) is 14.2 Å². The molecule has 6 rings (SSSR count). The lowest BCUT2D eigenvalue weighted by atomic mass is 9.93. The van der Waals surface area contributed by atoms with Crippen LogP contribution in [-0.2, 0) is 13.0 Å². The second-order valence-corrected chi connectivity index (χ2v) is 11.9. The molecule has 1 aliphatic rings. The summed E-state index contributed by atoms with van der Waals surface area (Å²) in [7, 11) is 0. The van der Waals surface area contributed by atoms with Gasteiger partial charge in [0.25, 0.3) is 11.8 Å². The monoisotopic (exact) mass is 656 g/mol. The maximum absolute atomic E-state index is 14.4. The van der Waals surface area contributed by atoms with Crippen LogP contribution in [0.1, 0.15) is 48.0 Å². The molecule has 2 aromatic heterocycles. The molecule has 12 heteroatoms. The molecular weight excluding hydrogens is 631 g/mol. The van der Waals surface area contributed by atoms with E-state index in [0.717, 1.165) is 21.6 Å². The van der Waals surface area contributed by atoms with Crippen molar-refractivity contribution in [1.29, 1.82) is 0 Å². The van der Waals surface area contributed by atoms with E-state index in [1.165, 1.54) is 41.7 Å². The number of ether oxygens (including phenoxy) is 1. The summed E-state index contributed by atoms with van der Waals surface area (Å²) in [6.45, 7) is 2.59. The van der Waals surface area contributed by atoms with Crippen LogP contribution < -0.4 is 21.1 Å². The molecule has 46 heavy (non-hydrogen) atoms. The van der Waals surface area contributed by atoms with E-state index in [2.05, 4.69) is 15.6 Å². The minimum Gasteiger partial charge on any atom is -0.493 e. The van der Waals surface area contributed by atoms with Crippen molar-refractivity contribution in [3.8, 4) is 27.3 Å². The minimum absolute atomic E-state index is 0.0837. The highest BCUT2D eigenvalue weighted by Crippen LogP contribution is 2.43. The quantitative estimate of drug-likeness (QED) is 0.145. The van der Waals surface area contributed by atoms with E-state index in [-0.39, 0.29) is 33.1 Å². The Hall–Kier alpha value is -5.10. The number of amides is 2. The van der Waals surface area contributed by atoms with E-state index >= 15 is 0 Å². The number of carboxylic acids is 1. The molecule has 0 radical (unpaired) electrons. The molecule has 0 unspecified atom stereocenters. The number of anilines is 2. The van der Waals surface area contributed by atoms with Crippen LogP contribution in [0.3, 0.4) is 0 Å². The molecule has 0 aliphatic carbocycles. The first kappa shape index (κ1) is 30.9. The highest BCUT2D eigenvalue weighted by atomic mass is 35.5. The van der Waals surface area contributed by atoms with Crippen LogP contribution >= 0.6 is 22.9 Å². The van der Waals surface area contributed by atoms with Crippen molar-refractivity contribution in [2.45, 2.75) is 19.9 Å². The number of aromatic nitrogens is 1. The van der Waals surface area contributed by atoms with E-state index < -0.39 is 29.3 Å². The van der Waals surface area contributed by atoms with Gasteiger partial charge in [0.1, 0.15) is 11.4 Å². The van der Waals surface area contributed by atoms with E-state index in [4.69, 9.17) is 22.1 Å². The van der Waals surface area contributed by atoms with Crippen molar-refractivity contribution < 1.29 is 28.6 Å². The molecule has 0 saturated heterocycles. The third kappa shape index (κ3) is 5.95. The Morgan fingerprint density at radius 2 is 1.80 bits per heavy atom. The summed E-state index contributed by atoms with van der Waals surface area (Å²) in [6, 6.07) is 17.6. The van der Waals surface area contributed by atoms with Crippen LogP contribution in [0.15, 0.2) is 72.1 Å². The van der Waals surface area contributed by atoms with Gasteiger partial charge in [-0.15, -0.1) is 11.3 Å². The molecule has 3 heterocycles. The van der Waals surface area contributed by atoms with Crippen LogP contribution in [0.4, 0.5) is 15.8 Å². The zero-order chi connectivity index (χ0) is 32.5. The Labute approximate surface area is 271 Å². The average Bonchev–Trinajstić information content (AvgIpc) is 3.44. The van der Waals surface area contributed by atoms with E-state index in [1.54, 1.807) is 18.2 Å². The number of rotatable bonds is 7. The van der Waals surface area contributed by atoms with Gasteiger partial charge in [0.05, 0.1) is 17.3 Å². The highest BCUT2D eigenvalue weighted by molar-refractivity contribution is 7.13. The number of carbonyl (C=O) groups is 3. The predicted molar refractivity (Wildman–Crippen MR) is 176 cm³/mol. The normalized spacial score (nSPS) is 11.9. The molecule has 2 amide bonds. The third-order valence-corrected chi connectivity index (χ3v) is 8.86. The van der Waals surface area contributed by atoms with Gasteiger partial charge in [0.2, 0.25) is 0 Å². The van der Waals surface area contributed by atoms with Gasteiger partial charge < -0.3 is 26.2 Å². The first-order valence-corrected chi connectivity index (χ1v) is 15.4. The molecule has 3 aromatic carbocycles. The number of carboxylic acid groups (broad SMARTS) is 1. The SMILES string of the molecule is Cc1cc(CN)ccc1NC(=O)c1cc2c(cc1-c1ccc(C(=O)Nc3cccc(Cl)c3F)nc1C(=O)O)OCCc1ccsc1-2. The predicted octanol–water partition coefficient (Wildman–Crippen LogP) is 7.17. The van der Waals surface area contributed by atoms with Gasteiger partial charge in [-0.05, 0) is 77.5 Å². The number of aryl methyl sites for hydroxylation is 1. The van der Waals surface area contributed by atoms with Gasteiger partial charge in [-0.1, -0.05) is 29.8 Å². The van der Waals surface area contributed by atoms with Crippen molar-refractivity contribution >= 4 is 52.1 Å². The molecule has 0 fully saturated rings. The molecule has 0 atom stereocenters. The van der Waals surface area contributed by atoms with E-state index in [1.807, 2.05) is 30.5 Å². The first-order chi connectivity index (χ1) is 22.1. The summed E-state index contributed by atoms with van der Waals surface area (Å²) < 4.78 is 20.5. The lowest BCUT2D eigenvalue weighted by Gasteiger charge is -2.18. The second kappa shape index (κ2) is 12.7. The summed E-state index contributed by atoms with van der Waals surface area (Å²) in [5.74, 6) is -3.13. The van der Waals surface area contributed by atoms with Gasteiger partial charge in [-0.2, -0.15) is 0 Å². The van der Waals surface area contributed by atoms with Crippen molar-refractivity contribution in [1.82, 2.24) is 4.98 Å². The summed E-state index contributed by atoms with van der Waals surface area (Å²) in [4.78, 5) is 44.7. The molecule has 0 spiro atoms. The number of pyridine rings is 1. The Kier molecular flexibility index (Phi) is 8.55. The van der Waals surface area contributed by atoms with Crippen LogP contribution in [0.2, 0.25) is 5.02 Å². The topological polar surface area (TPSA) is 144 Å². The summed E-state index contributed by atoms with van der Waals surface area (Å²) in [5.41, 5.74) is 9.37. The Balaban J connectivity index is 1.46. The fraction of sp³-hybridized carbons (Fsp3) is 0.118. The zero-order valence-electron chi connectivity index (χ0n) is 24.3. The van der Waals surface area contributed by atoms with Crippen LogP contribution in [0.25, 0.3) is 21.6 Å². The Bertz CT molecular complexity index is 2050. The maximum atomic E-state index is 14.4. The molecule has 0 saturated carbocycles. The summed E-state index contributed by atoms with van der Waals surface area (Å²) in [6.07, 6.45) is 0.663. The van der Waals surface area contributed by atoms with Gasteiger partial charge in [0.15, 0.2) is 11.5 Å². The Morgan fingerprint density at radius 1 is 1.00 bits per heavy atom. The van der Waals surface area contributed by atoms with Crippen molar-refractivity contribution in [2.75, 3.05) is 17.2 Å². The maximum Gasteiger partial charge on any atom is 0.355 e. The number of nitrogens with one attached hydrogen (secondary N) is 2. The fourth-order valence-corrected chi connectivity index (χ4v) is 6.41. The second-order valence-electron chi connectivity index (χ2n) is 10.5. The van der Waals surface area contributed by atoms with Crippen molar-refractivity contribution in [2.24, 2.45) is 5.73 Å². The van der Waals surface area contributed by atoms with Gasteiger partial charge in [0, 0.05) is 45.8 Å². The number of nitrogens with two attached hydrogens (primary N) is 1. The number of halogens is 2. The standard InChI is InChI=1S/C34H26ClFN4O5S/c1-17-13-18(16-37)5-7-25(17)39-32(41)22-14-23-28(45-11-9-19-10-12-46-31(19)23)15-21(22)20-6-8-27(38-30(20)34(43)44)33(42)40-26-4-2-3-24(35)29(26)36/h2-8,10,12-15H,9,11,16,37H2,1H3,(H,39,41)(H,40,42)(H,43,44). The number of benzene rings is 3. The summed E-state index contributed by atoms with van der Waals surface area (Å²) in [5, 5.41) is 17.3. The number of hydrogen-bond acceptors (Lipinski definition) is 7. The number of nitrogens with zero attached hydrogens (tertiary/aromatic N) is 1. The Morgan fingerprint density at radius 3 is 2.57 bits per heavy atom. The molecule has 5 aromatic rings. The molecule has 5 N–H and O–H groups in total. The van der Waals surface area contributed by atoms with Crippen LogP contribution in [0, 0.1) is 12.7 Å². The lowest BCUT2D eigenvalue weighted by molar-refractivity contribution is 0.0691. The van der Waals surface area contributed by atoms with E-state index in [9.17, 15) is 23.9 Å². The molecule has 0 bridgehead atoms. The third-order valence-electron chi connectivity index (χ3n) is 7.58. The number of fused-ring (bicyclic) bond motifs is 3. The lowest BCUT2D eigenvalue weighted by Crippen LogP contribution is -2.18. The number of carbonyl (C=O) groups excluding carboxylic acids is 2. The van der Waals surface area contributed by atoms with Crippen LogP contribution in [0.5, 0.6) is 5.75 Å². The average molecular weight is 657 g/mol.